The highest BCUT2D eigenvalue weighted by molar-refractivity contribution is 6.31. The van der Waals surface area contributed by atoms with Crippen LogP contribution in [-0.2, 0) is 0 Å². The Hall–Kier alpha value is 0.01000. The van der Waals surface area contributed by atoms with E-state index in [-0.39, 0.29) is 24.8 Å². The van der Waals surface area contributed by atoms with Gasteiger partial charge in [0, 0.05) is 37.2 Å². The van der Waals surface area contributed by atoms with Crippen LogP contribution < -0.4 is 5.32 Å². The van der Waals surface area contributed by atoms with Gasteiger partial charge in [0.1, 0.15) is 0 Å². The largest absolute Gasteiger partial charge is 0.314 e. The van der Waals surface area contributed by atoms with Gasteiger partial charge in [-0.3, -0.25) is 4.90 Å². The highest BCUT2D eigenvalue weighted by Gasteiger charge is 2.34. The lowest BCUT2D eigenvalue weighted by atomic mass is 9.76. The van der Waals surface area contributed by atoms with Crippen molar-refractivity contribution in [3.63, 3.8) is 0 Å². The minimum absolute atomic E-state index is 0. The maximum Gasteiger partial charge on any atom is 0.0453 e. The van der Waals surface area contributed by atoms with Crippen LogP contribution in [0.2, 0.25) is 5.02 Å². The molecule has 0 spiro atoms. The highest BCUT2D eigenvalue weighted by Crippen LogP contribution is 2.43. The Morgan fingerprint density at radius 1 is 1.10 bits per heavy atom. The van der Waals surface area contributed by atoms with Gasteiger partial charge < -0.3 is 5.32 Å². The third-order valence-electron chi connectivity index (χ3n) is 4.37. The Morgan fingerprint density at radius 3 is 2.30 bits per heavy atom. The predicted octanol–water partition coefficient (Wildman–Crippen LogP) is 3.93. The molecule has 1 saturated carbocycles. The first-order chi connectivity index (χ1) is 8.86. The fourth-order valence-corrected chi connectivity index (χ4v) is 3.43. The Labute approximate surface area is 139 Å². The lowest BCUT2D eigenvalue weighted by Gasteiger charge is -2.43. The molecule has 0 bridgehead atoms. The standard InChI is InChI=1S/C15H21ClN2.2ClH/c16-14-7-2-1-6-13(14)15(12-4-3-5-12)18-10-8-17-9-11-18;;/h1-2,6-7,12,15,17H,3-5,8-11H2;2*1H/t15-;;/m0../s1. The van der Waals surface area contributed by atoms with E-state index in [1.165, 1.54) is 24.8 Å². The van der Waals surface area contributed by atoms with Gasteiger partial charge in [-0.15, -0.1) is 24.8 Å². The van der Waals surface area contributed by atoms with Crippen molar-refractivity contribution in [3.05, 3.63) is 34.9 Å². The van der Waals surface area contributed by atoms with Crippen LogP contribution in [0.4, 0.5) is 0 Å². The number of nitrogens with zero attached hydrogens (tertiary/aromatic N) is 1. The van der Waals surface area contributed by atoms with E-state index in [0.717, 1.165) is 37.1 Å². The van der Waals surface area contributed by atoms with Crippen LogP contribution in [0.25, 0.3) is 0 Å². The molecule has 3 rings (SSSR count). The van der Waals surface area contributed by atoms with Gasteiger partial charge in [0.05, 0.1) is 0 Å². The van der Waals surface area contributed by atoms with E-state index in [1.807, 2.05) is 12.1 Å². The van der Waals surface area contributed by atoms with Gasteiger partial charge in [0.15, 0.2) is 0 Å². The summed E-state index contributed by atoms with van der Waals surface area (Å²) in [5, 5.41) is 4.37. The Balaban J connectivity index is 0.000001000. The minimum Gasteiger partial charge on any atom is -0.314 e. The predicted molar refractivity (Wildman–Crippen MR) is 90.5 cm³/mol. The van der Waals surface area contributed by atoms with E-state index in [2.05, 4.69) is 22.3 Å². The molecule has 2 aliphatic rings. The van der Waals surface area contributed by atoms with Crippen molar-refractivity contribution in [2.75, 3.05) is 26.2 Å². The molecule has 0 aromatic heterocycles. The van der Waals surface area contributed by atoms with Gasteiger partial charge in [0.25, 0.3) is 0 Å². The van der Waals surface area contributed by atoms with Crippen molar-refractivity contribution in [2.45, 2.75) is 25.3 Å². The number of hydrogen-bond acceptors (Lipinski definition) is 2. The summed E-state index contributed by atoms with van der Waals surface area (Å²) in [6, 6.07) is 8.93. The summed E-state index contributed by atoms with van der Waals surface area (Å²) < 4.78 is 0. The summed E-state index contributed by atoms with van der Waals surface area (Å²) in [7, 11) is 0. The normalized spacial score (nSPS) is 21.2. The molecule has 2 fully saturated rings. The average molecular weight is 338 g/mol. The SMILES string of the molecule is Cl.Cl.Clc1ccccc1[C@H](C1CCC1)N1CCNCC1. The van der Waals surface area contributed by atoms with Crippen LogP contribution in [-0.4, -0.2) is 31.1 Å². The second-order valence-electron chi connectivity index (χ2n) is 5.44. The van der Waals surface area contributed by atoms with Crippen LogP contribution >= 0.6 is 36.4 Å². The van der Waals surface area contributed by atoms with E-state index in [1.54, 1.807) is 0 Å². The lowest BCUT2D eigenvalue weighted by Crippen LogP contribution is -2.47. The first-order valence-corrected chi connectivity index (χ1v) is 7.43. The second kappa shape index (κ2) is 8.45. The maximum atomic E-state index is 6.42. The zero-order valence-electron chi connectivity index (χ0n) is 11.6. The van der Waals surface area contributed by atoms with Crippen molar-refractivity contribution in [1.82, 2.24) is 10.2 Å². The molecule has 1 aliphatic heterocycles. The van der Waals surface area contributed by atoms with E-state index >= 15 is 0 Å². The number of piperazine rings is 1. The van der Waals surface area contributed by atoms with Crippen LogP contribution in [0, 0.1) is 5.92 Å². The third-order valence-corrected chi connectivity index (χ3v) is 4.71. The first-order valence-electron chi connectivity index (χ1n) is 7.05. The number of rotatable bonds is 3. The Morgan fingerprint density at radius 2 is 1.75 bits per heavy atom. The van der Waals surface area contributed by atoms with E-state index in [4.69, 9.17) is 11.6 Å². The maximum absolute atomic E-state index is 6.42. The van der Waals surface area contributed by atoms with Crippen LogP contribution in [0.3, 0.4) is 0 Å². The molecular formula is C15H23Cl3N2. The molecule has 0 unspecified atom stereocenters. The molecule has 1 heterocycles. The quantitative estimate of drug-likeness (QED) is 0.899. The molecular weight excluding hydrogens is 315 g/mol. The molecule has 0 amide bonds. The fourth-order valence-electron chi connectivity index (χ4n) is 3.18. The summed E-state index contributed by atoms with van der Waals surface area (Å²) in [6.45, 7) is 4.50. The fraction of sp³-hybridized carbons (Fsp3) is 0.600. The van der Waals surface area contributed by atoms with Gasteiger partial charge in [-0.05, 0) is 30.4 Å². The van der Waals surface area contributed by atoms with E-state index < -0.39 is 0 Å². The summed E-state index contributed by atoms with van der Waals surface area (Å²) >= 11 is 6.42. The van der Waals surface area contributed by atoms with E-state index in [0.29, 0.717) is 6.04 Å². The van der Waals surface area contributed by atoms with Gasteiger partial charge in [-0.1, -0.05) is 36.2 Å². The number of hydrogen-bond donors (Lipinski definition) is 1. The summed E-state index contributed by atoms with van der Waals surface area (Å²) in [4.78, 5) is 2.63. The minimum atomic E-state index is 0. The average Bonchev–Trinajstić information content (AvgIpc) is 2.36. The van der Waals surface area contributed by atoms with Crippen molar-refractivity contribution >= 4 is 36.4 Å². The molecule has 0 radical (unpaired) electrons. The Kier molecular flexibility index (Phi) is 7.63. The van der Waals surface area contributed by atoms with Gasteiger partial charge in [0.2, 0.25) is 0 Å². The molecule has 1 aromatic rings. The molecule has 1 aliphatic carbocycles. The molecule has 1 atom stereocenters. The third kappa shape index (κ3) is 3.80. The second-order valence-corrected chi connectivity index (χ2v) is 5.85. The van der Waals surface area contributed by atoms with Crippen molar-refractivity contribution in [3.8, 4) is 0 Å². The number of nitrogens with one attached hydrogen (secondary N) is 1. The molecule has 114 valence electrons. The molecule has 5 heteroatoms. The highest BCUT2D eigenvalue weighted by atomic mass is 35.5. The first kappa shape index (κ1) is 18.1. The van der Waals surface area contributed by atoms with Crippen molar-refractivity contribution < 1.29 is 0 Å². The van der Waals surface area contributed by atoms with Gasteiger partial charge in [-0.2, -0.15) is 0 Å². The summed E-state index contributed by atoms with van der Waals surface area (Å²) in [6.07, 6.45) is 4.11. The number of halogens is 3. The zero-order chi connectivity index (χ0) is 12.4. The van der Waals surface area contributed by atoms with Crippen molar-refractivity contribution in [2.24, 2.45) is 5.92 Å². The molecule has 1 aromatic carbocycles. The molecule has 2 nitrogen and oxygen atoms in total. The van der Waals surface area contributed by atoms with Gasteiger partial charge in [-0.25, -0.2) is 0 Å². The summed E-state index contributed by atoms with van der Waals surface area (Å²) in [5.41, 5.74) is 1.34. The lowest BCUT2D eigenvalue weighted by molar-refractivity contribution is 0.0838. The van der Waals surface area contributed by atoms with Crippen LogP contribution in [0.1, 0.15) is 30.9 Å². The Bertz CT molecular complexity index is 404. The van der Waals surface area contributed by atoms with Crippen LogP contribution in [0.15, 0.2) is 24.3 Å². The zero-order valence-corrected chi connectivity index (χ0v) is 13.9. The topological polar surface area (TPSA) is 15.3 Å². The monoisotopic (exact) mass is 336 g/mol. The van der Waals surface area contributed by atoms with Gasteiger partial charge >= 0.3 is 0 Å². The smallest absolute Gasteiger partial charge is 0.0453 e. The van der Waals surface area contributed by atoms with Crippen LogP contribution in [0.5, 0.6) is 0 Å². The van der Waals surface area contributed by atoms with Crippen molar-refractivity contribution in [1.29, 1.82) is 0 Å². The molecule has 1 saturated heterocycles. The molecule has 1 N–H and O–H groups in total. The summed E-state index contributed by atoms with van der Waals surface area (Å²) in [5.74, 6) is 0.808. The van der Waals surface area contributed by atoms with E-state index in [9.17, 15) is 0 Å². The molecule has 20 heavy (non-hydrogen) atoms. The number of benzene rings is 1.